The predicted octanol–water partition coefficient (Wildman–Crippen LogP) is 3.62. The van der Waals surface area contributed by atoms with E-state index in [4.69, 9.17) is 0 Å². The van der Waals surface area contributed by atoms with E-state index in [2.05, 4.69) is 36.3 Å². The number of nitrogens with one attached hydrogen (secondary N) is 1. The van der Waals surface area contributed by atoms with Crippen molar-refractivity contribution in [2.24, 2.45) is 5.92 Å². The fourth-order valence-electron chi connectivity index (χ4n) is 3.25. The first-order chi connectivity index (χ1) is 13.2. The van der Waals surface area contributed by atoms with Gasteiger partial charge in [0.25, 0.3) is 0 Å². The number of piperidine rings is 1. The maximum Gasteiger partial charge on any atom is 0.225 e. The van der Waals surface area contributed by atoms with E-state index in [0.717, 1.165) is 39.7 Å². The van der Waals surface area contributed by atoms with Gasteiger partial charge in [0, 0.05) is 36.5 Å². The zero-order valence-corrected chi connectivity index (χ0v) is 17.1. The number of carbonyl (C=O) groups is 1. The molecule has 0 unspecified atom stereocenters. The number of amides is 1. The molecule has 6 nitrogen and oxygen atoms in total. The molecule has 8 heteroatoms. The highest BCUT2D eigenvalue weighted by molar-refractivity contribution is 9.10. The quantitative estimate of drug-likeness (QED) is 0.651. The van der Waals surface area contributed by atoms with Crippen molar-refractivity contribution in [3.63, 3.8) is 0 Å². The standard InChI is InChI=1S/C19H20BrN5OS/c20-16-7-3-5-14(11-16)12-21-17(26)15-6-4-10-25(13-15)19-23-22-18(27-19)24-8-1-2-9-24/h1-3,5,7-9,11,15H,4,6,10,12-13H2,(H,21,26)/t15-/m0/s1. The first kappa shape index (κ1) is 18.2. The Kier molecular flexibility index (Phi) is 5.54. The van der Waals surface area contributed by atoms with Gasteiger partial charge in [0.15, 0.2) is 0 Å². The lowest BCUT2D eigenvalue weighted by Crippen LogP contribution is -2.43. The highest BCUT2D eigenvalue weighted by atomic mass is 79.9. The Balaban J connectivity index is 1.37. The van der Waals surface area contributed by atoms with Crippen molar-refractivity contribution in [3.05, 3.63) is 58.8 Å². The van der Waals surface area contributed by atoms with E-state index in [1.54, 1.807) is 11.3 Å². The largest absolute Gasteiger partial charge is 0.352 e. The molecule has 1 atom stereocenters. The highest BCUT2D eigenvalue weighted by Crippen LogP contribution is 2.28. The second kappa shape index (κ2) is 8.22. The van der Waals surface area contributed by atoms with E-state index in [1.165, 1.54) is 0 Å². The van der Waals surface area contributed by atoms with Crippen LogP contribution in [0.15, 0.2) is 53.3 Å². The summed E-state index contributed by atoms with van der Waals surface area (Å²) in [6, 6.07) is 11.9. The van der Waals surface area contributed by atoms with Crippen LogP contribution in [-0.2, 0) is 11.3 Å². The maximum atomic E-state index is 12.6. The Bertz CT molecular complexity index is 910. The molecule has 3 aromatic rings. The summed E-state index contributed by atoms with van der Waals surface area (Å²) in [5, 5.41) is 13.4. The monoisotopic (exact) mass is 445 g/mol. The van der Waals surface area contributed by atoms with Crippen molar-refractivity contribution in [3.8, 4) is 5.13 Å². The number of anilines is 1. The molecule has 0 radical (unpaired) electrons. The number of rotatable bonds is 5. The molecule has 1 fully saturated rings. The van der Waals surface area contributed by atoms with E-state index in [-0.39, 0.29) is 11.8 Å². The van der Waals surface area contributed by atoms with Gasteiger partial charge in [0.2, 0.25) is 16.2 Å². The predicted molar refractivity (Wildman–Crippen MR) is 110 cm³/mol. The summed E-state index contributed by atoms with van der Waals surface area (Å²) in [6.07, 6.45) is 5.80. The zero-order chi connectivity index (χ0) is 18.6. The third kappa shape index (κ3) is 4.39. The van der Waals surface area contributed by atoms with Crippen LogP contribution in [0.1, 0.15) is 18.4 Å². The van der Waals surface area contributed by atoms with Crippen molar-refractivity contribution < 1.29 is 4.79 Å². The van der Waals surface area contributed by atoms with E-state index >= 15 is 0 Å². The van der Waals surface area contributed by atoms with Gasteiger partial charge < -0.3 is 10.2 Å². The van der Waals surface area contributed by atoms with Crippen LogP contribution in [0.4, 0.5) is 5.13 Å². The molecular formula is C19H20BrN5OS. The van der Waals surface area contributed by atoms with Crippen LogP contribution in [0.3, 0.4) is 0 Å². The molecule has 0 saturated carbocycles. The summed E-state index contributed by atoms with van der Waals surface area (Å²) in [4.78, 5) is 14.8. The number of benzene rings is 1. The van der Waals surface area contributed by atoms with Crippen LogP contribution in [0.2, 0.25) is 0 Å². The van der Waals surface area contributed by atoms with E-state index in [9.17, 15) is 4.79 Å². The summed E-state index contributed by atoms with van der Waals surface area (Å²) in [6.45, 7) is 2.14. The van der Waals surface area contributed by atoms with Gasteiger partial charge in [-0.05, 0) is 42.7 Å². The molecule has 4 rings (SSSR count). The fraction of sp³-hybridized carbons (Fsp3) is 0.316. The molecule has 0 bridgehead atoms. The minimum Gasteiger partial charge on any atom is -0.352 e. The van der Waals surface area contributed by atoms with Gasteiger partial charge in [0.1, 0.15) is 0 Å². The Labute approximate surface area is 170 Å². The Morgan fingerprint density at radius 2 is 2.04 bits per heavy atom. The summed E-state index contributed by atoms with van der Waals surface area (Å²) in [7, 11) is 0. The van der Waals surface area contributed by atoms with Gasteiger partial charge >= 0.3 is 0 Å². The molecule has 0 spiro atoms. The number of hydrogen-bond acceptors (Lipinski definition) is 5. The normalized spacial score (nSPS) is 17.1. The molecule has 3 heterocycles. The molecule has 1 aromatic carbocycles. The first-order valence-electron chi connectivity index (χ1n) is 8.93. The smallest absolute Gasteiger partial charge is 0.225 e. The van der Waals surface area contributed by atoms with Gasteiger partial charge in [-0.1, -0.05) is 39.4 Å². The van der Waals surface area contributed by atoms with Crippen molar-refractivity contribution >= 4 is 38.3 Å². The second-order valence-corrected chi connectivity index (χ2v) is 8.44. The van der Waals surface area contributed by atoms with Crippen LogP contribution >= 0.6 is 27.3 Å². The average Bonchev–Trinajstić information content (AvgIpc) is 3.38. The second-order valence-electron chi connectivity index (χ2n) is 6.59. The SMILES string of the molecule is O=C(NCc1cccc(Br)c1)[C@H]1CCCN(c2nnc(-n3cccc3)s2)C1. The van der Waals surface area contributed by atoms with Gasteiger partial charge in [-0.2, -0.15) is 0 Å². The summed E-state index contributed by atoms with van der Waals surface area (Å²) >= 11 is 5.02. The van der Waals surface area contributed by atoms with Crippen molar-refractivity contribution in [1.82, 2.24) is 20.1 Å². The molecule has 1 N–H and O–H groups in total. The third-order valence-corrected chi connectivity index (χ3v) is 6.14. The number of nitrogens with zero attached hydrogens (tertiary/aromatic N) is 4. The third-order valence-electron chi connectivity index (χ3n) is 4.65. The molecular weight excluding hydrogens is 426 g/mol. The van der Waals surface area contributed by atoms with Crippen LogP contribution < -0.4 is 10.2 Å². The van der Waals surface area contributed by atoms with Crippen LogP contribution in [0, 0.1) is 5.92 Å². The molecule has 1 aliphatic rings. The van der Waals surface area contributed by atoms with Crippen LogP contribution in [0.5, 0.6) is 0 Å². The van der Waals surface area contributed by atoms with Crippen molar-refractivity contribution in [2.45, 2.75) is 19.4 Å². The molecule has 1 saturated heterocycles. The molecule has 1 aliphatic heterocycles. The Hall–Kier alpha value is -2.19. The molecule has 140 valence electrons. The lowest BCUT2D eigenvalue weighted by Gasteiger charge is -2.31. The highest BCUT2D eigenvalue weighted by Gasteiger charge is 2.27. The van der Waals surface area contributed by atoms with Gasteiger partial charge in [0.05, 0.1) is 5.92 Å². The molecule has 1 amide bonds. The van der Waals surface area contributed by atoms with E-state index in [1.807, 2.05) is 53.4 Å². The molecule has 27 heavy (non-hydrogen) atoms. The Morgan fingerprint density at radius 1 is 1.22 bits per heavy atom. The minimum atomic E-state index is -0.0233. The van der Waals surface area contributed by atoms with Crippen molar-refractivity contribution in [1.29, 1.82) is 0 Å². The summed E-state index contributed by atoms with van der Waals surface area (Å²) < 4.78 is 2.97. The number of aromatic nitrogens is 3. The molecule has 0 aliphatic carbocycles. The van der Waals surface area contributed by atoms with Crippen LogP contribution in [0.25, 0.3) is 5.13 Å². The maximum absolute atomic E-state index is 12.6. The summed E-state index contributed by atoms with van der Waals surface area (Å²) in [5.74, 6) is 0.0830. The minimum absolute atomic E-state index is 0.0233. The van der Waals surface area contributed by atoms with E-state index < -0.39 is 0 Å². The van der Waals surface area contributed by atoms with Gasteiger partial charge in [-0.15, -0.1) is 10.2 Å². The topological polar surface area (TPSA) is 63.1 Å². The lowest BCUT2D eigenvalue weighted by atomic mass is 9.97. The van der Waals surface area contributed by atoms with Crippen LogP contribution in [-0.4, -0.2) is 33.8 Å². The number of carbonyl (C=O) groups excluding carboxylic acids is 1. The van der Waals surface area contributed by atoms with Gasteiger partial charge in [-0.25, -0.2) is 0 Å². The zero-order valence-electron chi connectivity index (χ0n) is 14.7. The lowest BCUT2D eigenvalue weighted by molar-refractivity contribution is -0.125. The number of hydrogen-bond donors (Lipinski definition) is 1. The Morgan fingerprint density at radius 3 is 2.85 bits per heavy atom. The van der Waals surface area contributed by atoms with E-state index in [0.29, 0.717) is 13.1 Å². The average molecular weight is 446 g/mol. The first-order valence-corrected chi connectivity index (χ1v) is 10.5. The number of halogens is 1. The van der Waals surface area contributed by atoms with Gasteiger partial charge in [-0.3, -0.25) is 9.36 Å². The molecule has 2 aromatic heterocycles. The van der Waals surface area contributed by atoms with Crippen molar-refractivity contribution in [2.75, 3.05) is 18.0 Å². The fourth-order valence-corrected chi connectivity index (χ4v) is 4.54. The summed E-state index contributed by atoms with van der Waals surface area (Å²) in [5.41, 5.74) is 1.09.